The average molecular weight is 811 g/mol. The van der Waals surface area contributed by atoms with E-state index in [-0.39, 0.29) is 37.6 Å². The molecule has 0 fully saturated rings. The van der Waals surface area contributed by atoms with Gasteiger partial charge in [-0.15, -0.1) is 0 Å². The highest BCUT2D eigenvalue weighted by Crippen LogP contribution is 2.24. The highest BCUT2D eigenvalue weighted by molar-refractivity contribution is 8.76. The summed E-state index contributed by atoms with van der Waals surface area (Å²) in [6, 6.07) is -8.92. The van der Waals surface area contributed by atoms with Crippen molar-refractivity contribution < 1.29 is 77.8 Å². The van der Waals surface area contributed by atoms with Crippen LogP contribution in [0.15, 0.2) is 0 Å². The first kappa shape index (κ1) is 49.3. The summed E-state index contributed by atoms with van der Waals surface area (Å²) in [5, 5.41) is 45.2. The van der Waals surface area contributed by atoms with Crippen molar-refractivity contribution in [1.29, 1.82) is 0 Å². The van der Waals surface area contributed by atoms with E-state index in [2.05, 4.69) is 21.3 Å². The lowest BCUT2D eigenvalue weighted by atomic mass is 10.1. The van der Waals surface area contributed by atoms with Crippen molar-refractivity contribution in [1.82, 2.24) is 32.7 Å². The lowest BCUT2D eigenvalue weighted by molar-refractivity contribution is -0.147. The van der Waals surface area contributed by atoms with Gasteiger partial charge in [0, 0.05) is 37.2 Å². The first-order valence-electron chi connectivity index (χ1n) is 16.4. The van der Waals surface area contributed by atoms with Crippen LogP contribution in [0.2, 0.25) is 0 Å². The normalized spacial score (nSPS) is 14.1. The summed E-state index contributed by atoms with van der Waals surface area (Å²) in [7, 11) is 1.84. The van der Waals surface area contributed by atoms with Crippen molar-refractivity contribution in [2.24, 2.45) is 0 Å². The minimum Gasteiger partial charge on any atom is -0.481 e. The Bertz CT molecular complexity index is 1240. The smallest absolute Gasteiger partial charge is 0.329 e. The van der Waals surface area contributed by atoms with E-state index >= 15 is 0 Å². The predicted molar refractivity (Wildman–Crippen MR) is 187 cm³/mol. The lowest BCUT2D eigenvalue weighted by Crippen LogP contribution is -2.53. The minimum atomic E-state index is -1.61. The van der Waals surface area contributed by atoms with Gasteiger partial charge in [0.05, 0.1) is 13.2 Å². The van der Waals surface area contributed by atoms with E-state index in [1.54, 1.807) is 0 Å². The van der Waals surface area contributed by atoms with Crippen LogP contribution in [-0.2, 0) is 57.4 Å². The van der Waals surface area contributed by atoms with Crippen molar-refractivity contribution in [2.75, 3.05) is 24.7 Å². The Balaban J connectivity index is 5.75. The number of esters is 2. The fourth-order valence-corrected chi connectivity index (χ4v) is 6.30. The van der Waals surface area contributed by atoms with E-state index in [0.29, 0.717) is 0 Å². The van der Waals surface area contributed by atoms with E-state index in [1.165, 1.54) is 13.8 Å². The van der Waals surface area contributed by atoms with Crippen LogP contribution < -0.4 is 32.7 Å². The van der Waals surface area contributed by atoms with Crippen molar-refractivity contribution in [2.45, 2.75) is 101 Å². The third-order valence-electron chi connectivity index (χ3n) is 6.84. The van der Waals surface area contributed by atoms with E-state index in [1.807, 2.05) is 0 Å². The monoisotopic (exact) mass is 810 g/mol. The Labute approximate surface area is 317 Å². The Morgan fingerprint density at radius 1 is 0.519 bits per heavy atom. The highest BCUT2D eigenvalue weighted by atomic mass is 33.1. The number of carbonyl (C=O) groups excluding carboxylic acids is 6. The van der Waals surface area contributed by atoms with E-state index in [4.69, 9.17) is 41.4 Å². The van der Waals surface area contributed by atoms with Crippen molar-refractivity contribution in [3.8, 4) is 0 Å². The molecule has 0 spiro atoms. The number of nitrogens with one attached hydrogen (secondary N) is 6. The topological polar surface area (TPSA) is 366 Å². The Hall–Kier alpha value is -4.68. The Kier molecular flexibility index (Phi) is 24.6. The maximum atomic E-state index is 13.1. The maximum Gasteiger partial charge on any atom is 0.329 e. The van der Waals surface area contributed by atoms with Gasteiger partial charge in [-0.3, -0.25) is 38.4 Å². The minimum absolute atomic E-state index is 0.0974. The van der Waals surface area contributed by atoms with Crippen LogP contribution in [0.1, 0.15) is 65.2 Å². The lowest BCUT2D eigenvalue weighted by Gasteiger charge is -2.23. The molecule has 0 aromatic heterocycles. The summed E-state index contributed by atoms with van der Waals surface area (Å²) in [6.45, 7) is 2.79. The molecule has 304 valence electrons. The molecule has 0 aliphatic carbocycles. The second kappa shape index (κ2) is 27.0. The highest BCUT2D eigenvalue weighted by Gasteiger charge is 2.31. The van der Waals surface area contributed by atoms with Gasteiger partial charge in [-0.1, -0.05) is 21.6 Å². The van der Waals surface area contributed by atoms with Crippen molar-refractivity contribution in [3.63, 3.8) is 0 Å². The van der Waals surface area contributed by atoms with Crippen LogP contribution in [0.25, 0.3) is 0 Å². The maximum absolute atomic E-state index is 13.1. The second-order valence-corrected chi connectivity index (χ2v) is 13.7. The summed E-state index contributed by atoms with van der Waals surface area (Å²) in [5.74, 6) is -11.4. The molecule has 0 saturated heterocycles. The number of ether oxygens (including phenoxy) is 2. The van der Waals surface area contributed by atoms with Gasteiger partial charge >= 0.3 is 35.8 Å². The van der Waals surface area contributed by atoms with Gasteiger partial charge in [-0.2, -0.15) is 0 Å². The van der Waals surface area contributed by atoms with Crippen LogP contribution in [0.3, 0.4) is 0 Å². The molecule has 0 aliphatic heterocycles. The molecule has 22 nitrogen and oxygen atoms in total. The Morgan fingerprint density at radius 3 is 1.13 bits per heavy atom. The van der Waals surface area contributed by atoms with Crippen LogP contribution in [0.4, 0.5) is 0 Å². The zero-order valence-electron chi connectivity index (χ0n) is 29.5. The Morgan fingerprint density at radius 2 is 0.852 bits per heavy atom. The largest absolute Gasteiger partial charge is 0.481 e. The summed E-state index contributed by atoms with van der Waals surface area (Å²) in [6.07, 6.45) is -3.65. The summed E-state index contributed by atoms with van der Waals surface area (Å²) < 4.78 is 10.0. The molecule has 6 unspecified atom stereocenters. The van der Waals surface area contributed by atoms with Gasteiger partial charge < -0.3 is 51.2 Å². The molecule has 0 bridgehead atoms. The first-order valence-corrected chi connectivity index (χ1v) is 18.9. The molecular formula is C30H46N6O16S2. The number of rotatable bonds is 29. The standard InChI is InChI=1S/C30H46N6O16S2/c1-3-51-29(49)19(35-25(43)17(7-11-23(39)40)33-21(37)9-5-15(31)27(45)46)13-53-54-14-20(30(50)52-4-2)36-26(44)18(8-12-24(41)42)34-22(38)10-6-16(32)28(47)48/h15-20,31-32H,3-14H2,1-2H3,(H,33,37)(H,34,38)(H,35,43)(H,36,44)(H,39,40)(H,41,42)(H,45,46)(H,47,48). The number of hydrogen-bond donors (Lipinski definition) is 8. The molecule has 2 radical (unpaired) electrons. The number of carboxylic acid groups (broad SMARTS) is 4. The number of carbonyl (C=O) groups is 10. The molecule has 0 saturated carbocycles. The van der Waals surface area contributed by atoms with Crippen molar-refractivity contribution in [3.05, 3.63) is 0 Å². The van der Waals surface area contributed by atoms with Gasteiger partial charge in [0.1, 0.15) is 36.3 Å². The van der Waals surface area contributed by atoms with E-state index in [9.17, 15) is 47.9 Å². The zero-order valence-corrected chi connectivity index (χ0v) is 31.1. The molecule has 54 heavy (non-hydrogen) atoms. The molecule has 0 aliphatic rings. The number of amides is 4. The van der Waals surface area contributed by atoms with Crippen LogP contribution in [0.5, 0.6) is 0 Å². The van der Waals surface area contributed by atoms with Gasteiger partial charge in [0.2, 0.25) is 23.6 Å². The summed E-state index contributed by atoms with van der Waals surface area (Å²) >= 11 is 0. The van der Waals surface area contributed by atoms with Crippen LogP contribution in [-0.4, -0.2) is 141 Å². The third-order valence-corrected chi connectivity index (χ3v) is 9.26. The average Bonchev–Trinajstić information content (AvgIpc) is 3.09. The van der Waals surface area contributed by atoms with Crippen molar-refractivity contribution >= 4 is 81.0 Å². The summed E-state index contributed by atoms with van der Waals surface area (Å²) in [4.78, 5) is 121. The quantitative estimate of drug-likeness (QED) is 0.0234. The molecule has 0 rings (SSSR count). The van der Waals surface area contributed by atoms with Gasteiger partial charge in [-0.25, -0.2) is 21.1 Å². The third kappa shape index (κ3) is 21.8. The van der Waals surface area contributed by atoms with E-state index in [0.717, 1.165) is 21.6 Å². The molecule has 0 heterocycles. The molecule has 24 heteroatoms. The van der Waals surface area contributed by atoms with Crippen LogP contribution >= 0.6 is 21.6 Å². The van der Waals surface area contributed by atoms with Crippen LogP contribution in [0, 0.1) is 0 Å². The number of aliphatic carboxylic acids is 4. The molecule has 10 N–H and O–H groups in total. The fourth-order valence-electron chi connectivity index (χ4n) is 4.00. The molecule has 0 aromatic rings. The zero-order chi connectivity index (χ0) is 41.4. The second-order valence-electron chi connectivity index (χ2n) is 11.2. The predicted octanol–water partition coefficient (Wildman–Crippen LogP) is -1.80. The number of carboxylic acids is 4. The first-order chi connectivity index (χ1) is 25.3. The fraction of sp³-hybridized carbons (Fsp3) is 0.667. The van der Waals surface area contributed by atoms with Gasteiger partial charge in [0.15, 0.2) is 0 Å². The SMILES string of the molecule is CCOC(=O)C(CSSCC(NC(=O)C(CCC(=O)O)NC(=O)CCC([NH])C(=O)O)C(=O)OCC)NC(=O)C(CCC(=O)O)NC(=O)CCC([NH])C(=O)O. The van der Waals surface area contributed by atoms with E-state index < -0.39 is 134 Å². The summed E-state index contributed by atoms with van der Waals surface area (Å²) in [5.41, 5.74) is 14.8. The molecule has 0 aromatic carbocycles. The molecular weight excluding hydrogens is 764 g/mol. The van der Waals surface area contributed by atoms with Gasteiger partial charge in [0.25, 0.3) is 0 Å². The number of hydrogen-bond acceptors (Lipinski definition) is 14. The molecule has 4 amide bonds. The molecule has 6 atom stereocenters. The van der Waals surface area contributed by atoms with Gasteiger partial charge in [-0.05, 0) is 39.5 Å².